The molecule has 20 heavy (non-hydrogen) atoms. The van der Waals surface area contributed by atoms with Crippen molar-refractivity contribution >= 4 is 21.1 Å². The molecule has 0 saturated heterocycles. The largest absolute Gasteiger partial charge is 0.316 e. The molecule has 7 nitrogen and oxygen atoms in total. The molecule has 0 fully saturated rings. The molecule has 0 aliphatic carbocycles. The molecule has 1 heterocycles. The van der Waals surface area contributed by atoms with Crippen LogP contribution in [0.4, 0.5) is 0 Å². The normalized spacial score (nSPS) is 11.8. The second-order valence-electron chi connectivity index (χ2n) is 4.37. The standard InChI is InChI=1S/C12H15N3O4S/c1-2-3-6-13-20(18,19)8-4-5-9-10(7-8)15-12(17)11(16)14-9/h4-5,7,13H,2-3,6H2,1H3,(H,14,16)(H,15,17). The van der Waals surface area contributed by atoms with Gasteiger partial charge in [-0.15, -0.1) is 0 Å². The van der Waals surface area contributed by atoms with E-state index in [1.807, 2.05) is 6.92 Å². The average Bonchev–Trinajstić information content (AvgIpc) is 2.39. The van der Waals surface area contributed by atoms with E-state index in [1.165, 1.54) is 18.2 Å². The Balaban J connectivity index is 2.43. The van der Waals surface area contributed by atoms with Crippen molar-refractivity contribution in [2.45, 2.75) is 24.7 Å². The number of H-pyrrole nitrogens is 2. The summed E-state index contributed by atoms with van der Waals surface area (Å²) in [6, 6.07) is 4.15. The lowest BCUT2D eigenvalue weighted by molar-refractivity contribution is 0.578. The molecular weight excluding hydrogens is 282 g/mol. The lowest BCUT2D eigenvalue weighted by Crippen LogP contribution is -2.29. The molecule has 3 N–H and O–H groups in total. The van der Waals surface area contributed by atoms with Gasteiger partial charge < -0.3 is 9.97 Å². The van der Waals surface area contributed by atoms with Crippen molar-refractivity contribution in [3.8, 4) is 0 Å². The van der Waals surface area contributed by atoms with E-state index in [-0.39, 0.29) is 10.4 Å². The number of rotatable bonds is 5. The van der Waals surface area contributed by atoms with Gasteiger partial charge >= 0.3 is 11.1 Å². The molecule has 0 aliphatic rings. The van der Waals surface area contributed by atoms with Gasteiger partial charge in [-0.05, 0) is 24.6 Å². The summed E-state index contributed by atoms with van der Waals surface area (Å²) in [4.78, 5) is 27.2. The second kappa shape index (κ2) is 5.59. The Labute approximate surface area is 115 Å². The summed E-state index contributed by atoms with van der Waals surface area (Å²) >= 11 is 0. The van der Waals surface area contributed by atoms with Gasteiger partial charge in [0.25, 0.3) is 0 Å². The van der Waals surface area contributed by atoms with Gasteiger partial charge in [-0.3, -0.25) is 9.59 Å². The Bertz CT molecular complexity index is 836. The average molecular weight is 297 g/mol. The third-order valence-electron chi connectivity index (χ3n) is 2.83. The van der Waals surface area contributed by atoms with Gasteiger partial charge in [0, 0.05) is 6.54 Å². The van der Waals surface area contributed by atoms with Gasteiger partial charge in [-0.25, -0.2) is 13.1 Å². The lowest BCUT2D eigenvalue weighted by atomic mass is 10.3. The molecule has 0 radical (unpaired) electrons. The van der Waals surface area contributed by atoms with Crippen LogP contribution in [-0.4, -0.2) is 24.9 Å². The van der Waals surface area contributed by atoms with Crippen LogP contribution in [0.15, 0.2) is 32.7 Å². The van der Waals surface area contributed by atoms with Crippen LogP contribution < -0.4 is 15.8 Å². The highest BCUT2D eigenvalue weighted by Crippen LogP contribution is 2.14. The van der Waals surface area contributed by atoms with Gasteiger partial charge in [0.2, 0.25) is 10.0 Å². The van der Waals surface area contributed by atoms with Crippen LogP contribution in [0.5, 0.6) is 0 Å². The summed E-state index contributed by atoms with van der Waals surface area (Å²) in [5.41, 5.74) is -0.935. The Kier molecular flexibility index (Phi) is 4.05. The molecule has 0 atom stereocenters. The van der Waals surface area contributed by atoms with Crippen molar-refractivity contribution < 1.29 is 8.42 Å². The fourth-order valence-electron chi connectivity index (χ4n) is 1.73. The van der Waals surface area contributed by atoms with Gasteiger partial charge in [-0.2, -0.15) is 0 Å². The highest BCUT2D eigenvalue weighted by molar-refractivity contribution is 7.89. The zero-order valence-electron chi connectivity index (χ0n) is 10.9. The van der Waals surface area contributed by atoms with E-state index in [0.717, 1.165) is 12.8 Å². The summed E-state index contributed by atoms with van der Waals surface area (Å²) in [6.07, 6.45) is 1.63. The monoisotopic (exact) mass is 297 g/mol. The third-order valence-corrected chi connectivity index (χ3v) is 4.29. The van der Waals surface area contributed by atoms with Crippen molar-refractivity contribution in [3.05, 3.63) is 38.9 Å². The Morgan fingerprint density at radius 3 is 2.40 bits per heavy atom. The van der Waals surface area contributed by atoms with E-state index in [4.69, 9.17) is 0 Å². The highest BCUT2D eigenvalue weighted by atomic mass is 32.2. The summed E-state index contributed by atoms with van der Waals surface area (Å²) in [6.45, 7) is 2.32. The molecule has 8 heteroatoms. The van der Waals surface area contributed by atoms with Crippen LogP contribution in [0.3, 0.4) is 0 Å². The summed E-state index contributed by atoms with van der Waals surface area (Å²) in [5, 5.41) is 0. The van der Waals surface area contributed by atoms with E-state index in [2.05, 4.69) is 14.7 Å². The Hall–Kier alpha value is -1.93. The number of hydrogen-bond acceptors (Lipinski definition) is 4. The van der Waals surface area contributed by atoms with Gasteiger partial charge in [0.1, 0.15) is 0 Å². The number of nitrogens with one attached hydrogen (secondary N) is 3. The molecule has 0 spiro atoms. The minimum atomic E-state index is -3.61. The first-order valence-electron chi connectivity index (χ1n) is 6.20. The SMILES string of the molecule is CCCCNS(=O)(=O)c1ccc2[nH]c(=O)c(=O)[nH]c2c1. The highest BCUT2D eigenvalue weighted by Gasteiger charge is 2.14. The minimum absolute atomic E-state index is 0.0452. The molecule has 0 aliphatic heterocycles. The van der Waals surface area contributed by atoms with Crippen molar-refractivity contribution in [1.82, 2.24) is 14.7 Å². The van der Waals surface area contributed by atoms with Crippen LogP contribution in [0.2, 0.25) is 0 Å². The molecule has 0 unspecified atom stereocenters. The number of benzene rings is 1. The smallest absolute Gasteiger partial charge is 0.314 e. The predicted molar refractivity (Wildman–Crippen MR) is 75.3 cm³/mol. The maximum absolute atomic E-state index is 12.0. The zero-order valence-corrected chi connectivity index (χ0v) is 11.7. The first kappa shape index (κ1) is 14.5. The first-order valence-corrected chi connectivity index (χ1v) is 7.68. The van der Waals surface area contributed by atoms with Crippen LogP contribution in [0.1, 0.15) is 19.8 Å². The number of fused-ring (bicyclic) bond motifs is 1. The number of aromatic nitrogens is 2. The molecule has 1 aromatic carbocycles. The van der Waals surface area contributed by atoms with Crippen molar-refractivity contribution in [3.63, 3.8) is 0 Å². The van der Waals surface area contributed by atoms with E-state index in [0.29, 0.717) is 12.1 Å². The van der Waals surface area contributed by atoms with Gasteiger partial charge in [0.05, 0.1) is 15.9 Å². The first-order chi connectivity index (χ1) is 9.44. The maximum Gasteiger partial charge on any atom is 0.314 e. The summed E-state index contributed by atoms with van der Waals surface area (Å²) in [5.74, 6) is 0. The number of hydrogen-bond donors (Lipinski definition) is 3. The van der Waals surface area contributed by atoms with E-state index in [1.54, 1.807) is 0 Å². The minimum Gasteiger partial charge on any atom is -0.316 e. The van der Waals surface area contributed by atoms with E-state index < -0.39 is 21.1 Å². The number of unbranched alkanes of at least 4 members (excludes halogenated alkanes) is 1. The molecule has 0 saturated carbocycles. The third kappa shape index (κ3) is 2.97. The molecule has 0 amide bonds. The molecule has 0 bridgehead atoms. The zero-order chi connectivity index (χ0) is 14.8. The molecule has 2 aromatic rings. The molecule has 2 rings (SSSR count). The topological polar surface area (TPSA) is 112 Å². The maximum atomic E-state index is 12.0. The second-order valence-corrected chi connectivity index (χ2v) is 6.13. The fraction of sp³-hybridized carbons (Fsp3) is 0.333. The van der Waals surface area contributed by atoms with Crippen LogP contribution in [0, 0.1) is 0 Å². The van der Waals surface area contributed by atoms with Crippen molar-refractivity contribution in [2.75, 3.05) is 6.54 Å². The predicted octanol–water partition coefficient (Wildman–Crippen LogP) is 0.295. The van der Waals surface area contributed by atoms with Crippen LogP contribution in [-0.2, 0) is 10.0 Å². The van der Waals surface area contributed by atoms with Crippen LogP contribution >= 0.6 is 0 Å². The van der Waals surface area contributed by atoms with E-state index >= 15 is 0 Å². The molecule has 108 valence electrons. The summed E-state index contributed by atoms with van der Waals surface area (Å²) in [7, 11) is -3.61. The van der Waals surface area contributed by atoms with Crippen molar-refractivity contribution in [1.29, 1.82) is 0 Å². The Morgan fingerprint density at radius 2 is 1.75 bits per heavy atom. The Morgan fingerprint density at radius 1 is 1.10 bits per heavy atom. The summed E-state index contributed by atoms with van der Waals surface area (Å²) < 4.78 is 26.5. The number of sulfonamides is 1. The van der Waals surface area contributed by atoms with Crippen molar-refractivity contribution in [2.24, 2.45) is 0 Å². The van der Waals surface area contributed by atoms with Gasteiger partial charge in [0.15, 0.2) is 0 Å². The lowest BCUT2D eigenvalue weighted by Gasteiger charge is -2.07. The molecular formula is C12H15N3O4S. The quantitative estimate of drug-likeness (QED) is 0.544. The fourth-order valence-corrected chi connectivity index (χ4v) is 2.83. The van der Waals surface area contributed by atoms with E-state index in [9.17, 15) is 18.0 Å². The van der Waals surface area contributed by atoms with Crippen LogP contribution in [0.25, 0.3) is 11.0 Å². The molecule has 1 aromatic heterocycles. The van der Waals surface area contributed by atoms with Gasteiger partial charge in [-0.1, -0.05) is 13.3 Å². The number of aromatic amines is 2.